The molecule has 0 aliphatic rings. The molecule has 0 atom stereocenters. The van der Waals surface area contributed by atoms with Crippen molar-refractivity contribution in [1.82, 2.24) is 9.97 Å². The Bertz CT molecular complexity index is 1140. The number of benzene rings is 2. The van der Waals surface area contributed by atoms with Crippen LogP contribution in [0.2, 0.25) is 5.02 Å². The fourth-order valence-electron chi connectivity index (χ4n) is 2.42. The van der Waals surface area contributed by atoms with Crippen LogP contribution in [0.15, 0.2) is 68.7 Å². The second-order valence-corrected chi connectivity index (χ2v) is 6.88. The zero-order chi connectivity index (χ0) is 18.1. The number of fused-ring (bicyclic) bond motifs is 1. The Balaban J connectivity index is 1.67. The van der Waals surface area contributed by atoms with Crippen molar-refractivity contribution < 1.29 is 9.52 Å². The van der Waals surface area contributed by atoms with Crippen LogP contribution >= 0.6 is 27.5 Å². The standard InChI is InChI=1S/C19H11BrClN3O2/c20-13-5-12(8-22-10-13)19-24-16-7-15(2-4-18(16)26-19)23-9-11-6-14(21)1-3-17(11)25/h1-10,25H. The lowest BCUT2D eigenvalue weighted by molar-refractivity contribution is 0.474. The maximum Gasteiger partial charge on any atom is 0.228 e. The van der Waals surface area contributed by atoms with E-state index >= 15 is 0 Å². The number of halogens is 2. The van der Waals surface area contributed by atoms with E-state index in [-0.39, 0.29) is 5.75 Å². The number of phenolic OH excluding ortho intramolecular Hbond substituents is 1. The molecule has 1 N–H and O–H groups in total. The predicted molar refractivity (Wildman–Crippen MR) is 105 cm³/mol. The molecule has 0 fully saturated rings. The molecule has 128 valence electrons. The van der Waals surface area contributed by atoms with Crippen LogP contribution in [0.1, 0.15) is 5.56 Å². The molecular weight excluding hydrogens is 418 g/mol. The van der Waals surface area contributed by atoms with Gasteiger partial charge in [0.2, 0.25) is 5.89 Å². The van der Waals surface area contributed by atoms with Gasteiger partial charge in [-0.25, -0.2) is 4.98 Å². The van der Waals surface area contributed by atoms with Gasteiger partial charge in [0.05, 0.1) is 11.3 Å². The summed E-state index contributed by atoms with van der Waals surface area (Å²) in [5.74, 6) is 0.604. The average molecular weight is 429 g/mol. The summed E-state index contributed by atoms with van der Waals surface area (Å²) in [5, 5.41) is 10.4. The number of hydrogen-bond acceptors (Lipinski definition) is 5. The van der Waals surface area contributed by atoms with Crippen molar-refractivity contribution in [3.8, 4) is 17.2 Å². The molecule has 0 radical (unpaired) electrons. The molecule has 2 aromatic heterocycles. The Morgan fingerprint density at radius 3 is 2.85 bits per heavy atom. The van der Waals surface area contributed by atoms with Crippen LogP contribution in [-0.2, 0) is 0 Å². The zero-order valence-electron chi connectivity index (χ0n) is 13.2. The van der Waals surface area contributed by atoms with Gasteiger partial charge >= 0.3 is 0 Å². The Hall–Kier alpha value is -2.70. The van der Waals surface area contributed by atoms with Gasteiger partial charge in [0.15, 0.2) is 5.58 Å². The van der Waals surface area contributed by atoms with Gasteiger partial charge in [-0.15, -0.1) is 0 Å². The highest BCUT2D eigenvalue weighted by atomic mass is 79.9. The molecule has 0 unspecified atom stereocenters. The van der Waals surface area contributed by atoms with E-state index in [0.29, 0.717) is 33.3 Å². The molecule has 0 aliphatic carbocycles. The van der Waals surface area contributed by atoms with Gasteiger partial charge in [-0.1, -0.05) is 11.6 Å². The van der Waals surface area contributed by atoms with E-state index in [2.05, 4.69) is 30.9 Å². The lowest BCUT2D eigenvalue weighted by Crippen LogP contribution is -1.82. The van der Waals surface area contributed by atoms with E-state index in [1.165, 1.54) is 6.07 Å². The van der Waals surface area contributed by atoms with E-state index in [4.69, 9.17) is 16.0 Å². The quantitative estimate of drug-likeness (QED) is 0.421. The van der Waals surface area contributed by atoms with Gasteiger partial charge in [-0.2, -0.15) is 0 Å². The van der Waals surface area contributed by atoms with Gasteiger partial charge in [0.1, 0.15) is 11.3 Å². The molecule has 0 spiro atoms. The zero-order valence-corrected chi connectivity index (χ0v) is 15.6. The summed E-state index contributed by atoms with van der Waals surface area (Å²) in [6, 6.07) is 12.1. The molecule has 0 saturated carbocycles. The minimum atomic E-state index is 0.116. The van der Waals surface area contributed by atoms with E-state index in [1.807, 2.05) is 24.3 Å². The number of hydrogen-bond donors (Lipinski definition) is 1. The summed E-state index contributed by atoms with van der Waals surface area (Å²) in [4.78, 5) is 13.0. The first kappa shape index (κ1) is 16.8. The number of rotatable bonds is 3. The molecule has 0 saturated heterocycles. The fraction of sp³-hybridized carbons (Fsp3) is 0. The summed E-state index contributed by atoms with van der Waals surface area (Å²) in [5.41, 5.74) is 3.35. The third-order valence-electron chi connectivity index (χ3n) is 3.67. The predicted octanol–water partition coefficient (Wildman–Crippen LogP) is 5.76. The molecule has 2 heterocycles. The van der Waals surface area contributed by atoms with Crippen molar-refractivity contribution >= 4 is 50.5 Å². The monoisotopic (exact) mass is 427 g/mol. The first-order chi connectivity index (χ1) is 12.6. The Morgan fingerprint density at radius 2 is 2.00 bits per heavy atom. The van der Waals surface area contributed by atoms with Crippen molar-refractivity contribution in [2.24, 2.45) is 4.99 Å². The molecule has 4 aromatic rings. The van der Waals surface area contributed by atoms with Crippen molar-refractivity contribution in [3.05, 3.63) is 69.9 Å². The SMILES string of the molecule is Oc1ccc(Cl)cc1C=Nc1ccc2oc(-c3cncc(Br)c3)nc2c1. The van der Waals surface area contributed by atoms with E-state index in [1.54, 1.807) is 30.7 Å². The summed E-state index contributed by atoms with van der Waals surface area (Å²) in [7, 11) is 0. The molecule has 0 aliphatic heterocycles. The molecular formula is C19H11BrClN3O2. The lowest BCUT2D eigenvalue weighted by Gasteiger charge is -1.99. The first-order valence-corrected chi connectivity index (χ1v) is 8.80. The Kier molecular flexibility index (Phi) is 4.44. The van der Waals surface area contributed by atoms with Crippen LogP contribution in [0.25, 0.3) is 22.6 Å². The highest BCUT2D eigenvalue weighted by Gasteiger charge is 2.09. The second kappa shape index (κ2) is 6.90. The molecule has 0 amide bonds. The van der Waals surface area contributed by atoms with Crippen molar-refractivity contribution in [2.45, 2.75) is 0 Å². The Morgan fingerprint density at radius 1 is 1.12 bits per heavy atom. The number of aromatic nitrogens is 2. The summed E-state index contributed by atoms with van der Waals surface area (Å²) >= 11 is 9.33. The van der Waals surface area contributed by atoms with Gasteiger partial charge in [-0.3, -0.25) is 9.98 Å². The average Bonchev–Trinajstić information content (AvgIpc) is 3.06. The first-order valence-electron chi connectivity index (χ1n) is 7.62. The minimum absolute atomic E-state index is 0.116. The van der Waals surface area contributed by atoms with Crippen LogP contribution in [0.3, 0.4) is 0 Å². The number of pyridine rings is 1. The van der Waals surface area contributed by atoms with Gasteiger partial charge < -0.3 is 9.52 Å². The largest absolute Gasteiger partial charge is 0.507 e. The lowest BCUT2D eigenvalue weighted by atomic mass is 10.2. The minimum Gasteiger partial charge on any atom is -0.507 e. The highest BCUT2D eigenvalue weighted by molar-refractivity contribution is 9.10. The highest BCUT2D eigenvalue weighted by Crippen LogP contribution is 2.28. The van der Waals surface area contributed by atoms with Gasteiger partial charge in [0, 0.05) is 33.7 Å². The maximum atomic E-state index is 9.85. The number of phenols is 1. The Labute approximate surface area is 162 Å². The van der Waals surface area contributed by atoms with Crippen molar-refractivity contribution in [3.63, 3.8) is 0 Å². The van der Waals surface area contributed by atoms with Gasteiger partial charge in [0.25, 0.3) is 0 Å². The van der Waals surface area contributed by atoms with Gasteiger partial charge in [-0.05, 0) is 58.4 Å². The molecule has 5 nitrogen and oxygen atoms in total. The van der Waals surface area contributed by atoms with Crippen LogP contribution in [0, 0.1) is 0 Å². The van der Waals surface area contributed by atoms with Crippen molar-refractivity contribution in [2.75, 3.05) is 0 Å². The maximum absolute atomic E-state index is 9.85. The second-order valence-electron chi connectivity index (χ2n) is 5.52. The summed E-state index contributed by atoms with van der Waals surface area (Å²) in [6.45, 7) is 0. The van der Waals surface area contributed by atoms with Crippen molar-refractivity contribution in [1.29, 1.82) is 0 Å². The molecule has 0 bridgehead atoms. The van der Waals surface area contributed by atoms with Crippen LogP contribution in [-0.4, -0.2) is 21.3 Å². The van der Waals surface area contributed by atoms with E-state index < -0.39 is 0 Å². The number of oxazole rings is 1. The topological polar surface area (TPSA) is 71.5 Å². The number of aromatic hydroxyl groups is 1. The van der Waals surface area contributed by atoms with E-state index in [0.717, 1.165) is 10.0 Å². The van der Waals surface area contributed by atoms with Crippen LogP contribution < -0.4 is 0 Å². The summed E-state index contributed by atoms with van der Waals surface area (Å²) < 4.78 is 6.63. The molecule has 4 rings (SSSR count). The van der Waals surface area contributed by atoms with Crippen LogP contribution in [0.4, 0.5) is 5.69 Å². The summed E-state index contributed by atoms with van der Waals surface area (Å²) in [6.07, 6.45) is 4.95. The van der Waals surface area contributed by atoms with Crippen LogP contribution in [0.5, 0.6) is 5.75 Å². The number of nitrogens with zero attached hydrogens (tertiary/aromatic N) is 3. The fourth-order valence-corrected chi connectivity index (χ4v) is 2.97. The number of aliphatic imine (C=N–C) groups is 1. The normalized spacial score (nSPS) is 11.5. The molecule has 7 heteroatoms. The molecule has 2 aromatic carbocycles. The smallest absolute Gasteiger partial charge is 0.228 e. The molecule has 26 heavy (non-hydrogen) atoms. The third-order valence-corrected chi connectivity index (χ3v) is 4.33. The van der Waals surface area contributed by atoms with E-state index in [9.17, 15) is 5.11 Å². The third kappa shape index (κ3) is 3.47.